The van der Waals surface area contributed by atoms with Crippen molar-refractivity contribution in [3.05, 3.63) is 30.9 Å². The fraction of sp³-hybridized carbons (Fsp3) is 0.143. The second-order valence-electron chi connectivity index (χ2n) is 1.87. The van der Waals surface area contributed by atoms with Crippen molar-refractivity contribution in [3.63, 3.8) is 0 Å². The van der Waals surface area contributed by atoms with Gasteiger partial charge in [0.05, 0.1) is 5.92 Å². The van der Waals surface area contributed by atoms with Gasteiger partial charge in [0, 0.05) is 12.4 Å². The standard InChI is InChI=1S/C7H8N2O/c1-2-6(5-10)7-8-3-4-9-7/h2-6H,1H2,(H,8,9). The summed E-state index contributed by atoms with van der Waals surface area (Å²) in [4.78, 5) is 17.0. The van der Waals surface area contributed by atoms with Crippen molar-refractivity contribution in [1.29, 1.82) is 0 Å². The molecule has 3 heteroatoms. The van der Waals surface area contributed by atoms with Gasteiger partial charge in [-0.05, 0) is 0 Å². The lowest BCUT2D eigenvalue weighted by molar-refractivity contribution is -0.108. The van der Waals surface area contributed by atoms with Gasteiger partial charge in [-0.15, -0.1) is 6.58 Å². The first-order chi connectivity index (χ1) is 4.88. The Bertz CT molecular complexity index is 208. The van der Waals surface area contributed by atoms with Gasteiger partial charge in [-0.25, -0.2) is 4.98 Å². The van der Waals surface area contributed by atoms with Crippen LogP contribution in [0.3, 0.4) is 0 Å². The molecule has 1 aromatic heterocycles. The van der Waals surface area contributed by atoms with E-state index >= 15 is 0 Å². The Kier molecular flexibility index (Phi) is 1.99. The Morgan fingerprint density at radius 2 is 2.60 bits per heavy atom. The number of carbonyl (C=O) groups excluding carboxylic acids is 1. The predicted molar refractivity (Wildman–Crippen MR) is 37.6 cm³/mol. The third-order valence-corrected chi connectivity index (χ3v) is 1.24. The Hall–Kier alpha value is -1.38. The van der Waals surface area contributed by atoms with E-state index in [1.807, 2.05) is 0 Å². The lowest BCUT2D eigenvalue weighted by Crippen LogP contribution is -1.97. The van der Waals surface area contributed by atoms with Gasteiger partial charge in [0.1, 0.15) is 12.1 Å². The minimum atomic E-state index is -0.296. The number of hydrogen-bond donors (Lipinski definition) is 1. The van der Waals surface area contributed by atoms with Crippen molar-refractivity contribution >= 4 is 6.29 Å². The van der Waals surface area contributed by atoms with Crippen LogP contribution in [0, 0.1) is 0 Å². The maximum Gasteiger partial charge on any atom is 0.134 e. The molecule has 0 bridgehead atoms. The molecule has 0 radical (unpaired) electrons. The van der Waals surface area contributed by atoms with Crippen LogP contribution in [-0.2, 0) is 4.79 Å². The zero-order valence-electron chi connectivity index (χ0n) is 5.45. The molecule has 0 aliphatic carbocycles. The van der Waals surface area contributed by atoms with Crippen molar-refractivity contribution in [3.8, 4) is 0 Å². The van der Waals surface area contributed by atoms with Crippen LogP contribution in [0.4, 0.5) is 0 Å². The number of hydrogen-bond acceptors (Lipinski definition) is 2. The first kappa shape index (κ1) is 6.74. The number of nitrogens with zero attached hydrogens (tertiary/aromatic N) is 1. The Labute approximate surface area is 58.8 Å². The fourth-order valence-electron chi connectivity index (χ4n) is 0.691. The predicted octanol–water partition coefficient (Wildman–Crippen LogP) is 0.878. The van der Waals surface area contributed by atoms with E-state index < -0.39 is 0 Å². The largest absolute Gasteiger partial charge is 0.348 e. The van der Waals surface area contributed by atoms with Crippen molar-refractivity contribution in [1.82, 2.24) is 9.97 Å². The summed E-state index contributed by atoms with van der Waals surface area (Å²) in [6, 6.07) is 0. The molecule has 10 heavy (non-hydrogen) atoms. The summed E-state index contributed by atoms with van der Waals surface area (Å²) in [5, 5.41) is 0. The van der Waals surface area contributed by atoms with E-state index in [9.17, 15) is 4.79 Å². The van der Waals surface area contributed by atoms with Crippen molar-refractivity contribution in [2.75, 3.05) is 0 Å². The second-order valence-corrected chi connectivity index (χ2v) is 1.87. The number of carbonyl (C=O) groups is 1. The first-order valence-corrected chi connectivity index (χ1v) is 2.95. The molecular weight excluding hydrogens is 128 g/mol. The van der Waals surface area contributed by atoms with E-state index in [0.717, 1.165) is 6.29 Å². The summed E-state index contributed by atoms with van der Waals surface area (Å²) in [6.45, 7) is 3.50. The molecule has 0 aliphatic rings. The molecule has 1 rings (SSSR count). The van der Waals surface area contributed by atoms with Gasteiger partial charge in [-0.1, -0.05) is 6.08 Å². The average Bonchev–Trinajstić information content (AvgIpc) is 2.43. The lowest BCUT2D eigenvalue weighted by atomic mass is 10.2. The molecule has 1 unspecified atom stereocenters. The van der Waals surface area contributed by atoms with Crippen molar-refractivity contribution < 1.29 is 4.79 Å². The molecule has 52 valence electrons. The van der Waals surface area contributed by atoms with Crippen molar-refractivity contribution in [2.24, 2.45) is 0 Å². The monoisotopic (exact) mass is 136 g/mol. The van der Waals surface area contributed by atoms with Crippen molar-refractivity contribution in [2.45, 2.75) is 5.92 Å². The van der Waals surface area contributed by atoms with Crippen LogP contribution in [0.2, 0.25) is 0 Å². The molecule has 0 spiro atoms. The normalized spacial score (nSPS) is 12.4. The number of imidazole rings is 1. The van der Waals surface area contributed by atoms with Gasteiger partial charge < -0.3 is 9.78 Å². The molecule has 1 atom stereocenters. The number of rotatable bonds is 3. The molecule has 3 nitrogen and oxygen atoms in total. The summed E-state index contributed by atoms with van der Waals surface area (Å²) in [6.07, 6.45) is 5.63. The summed E-state index contributed by atoms with van der Waals surface area (Å²) in [5.41, 5.74) is 0. The number of allylic oxidation sites excluding steroid dienone is 1. The minimum Gasteiger partial charge on any atom is -0.348 e. The SMILES string of the molecule is C=CC(C=O)c1ncc[nH]1. The van der Waals surface area contributed by atoms with Crippen LogP contribution in [0.5, 0.6) is 0 Å². The number of aromatic nitrogens is 2. The quantitative estimate of drug-likeness (QED) is 0.495. The number of aromatic amines is 1. The molecule has 1 heterocycles. The molecule has 0 saturated heterocycles. The number of aldehydes is 1. The molecule has 0 fully saturated rings. The molecule has 0 saturated carbocycles. The molecule has 0 aromatic carbocycles. The third-order valence-electron chi connectivity index (χ3n) is 1.24. The topological polar surface area (TPSA) is 45.8 Å². The highest BCUT2D eigenvalue weighted by Gasteiger charge is 2.05. The zero-order chi connectivity index (χ0) is 7.40. The Balaban J connectivity index is 2.82. The van der Waals surface area contributed by atoms with Crippen LogP contribution in [0.1, 0.15) is 11.7 Å². The van der Waals surface area contributed by atoms with E-state index in [2.05, 4.69) is 16.5 Å². The van der Waals surface area contributed by atoms with Crippen LogP contribution in [-0.4, -0.2) is 16.3 Å². The van der Waals surface area contributed by atoms with Crippen LogP contribution in [0.25, 0.3) is 0 Å². The first-order valence-electron chi connectivity index (χ1n) is 2.95. The van der Waals surface area contributed by atoms with E-state index in [1.165, 1.54) is 0 Å². The van der Waals surface area contributed by atoms with Gasteiger partial charge in [-0.2, -0.15) is 0 Å². The summed E-state index contributed by atoms with van der Waals surface area (Å²) in [7, 11) is 0. The molecular formula is C7H8N2O. The van der Waals surface area contributed by atoms with E-state index in [0.29, 0.717) is 5.82 Å². The summed E-state index contributed by atoms with van der Waals surface area (Å²) < 4.78 is 0. The van der Waals surface area contributed by atoms with E-state index in [-0.39, 0.29) is 5.92 Å². The van der Waals surface area contributed by atoms with Crippen LogP contribution in [0.15, 0.2) is 25.0 Å². The molecule has 0 amide bonds. The smallest absolute Gasteiger partial charge is 0.134 e. The Morgan fingerprint density at radius 1 is 1.80 bits per heavy atom. The third kappa shape index (κ3) is 1.13. The maximum atomic E-state index is 10.3. The highest BCUT2D eigenvalue weighted by Crippen LogP contribution is 2.06. The highest BCUT2D eigenvalue weighted by molar-refractivity contribution is 5.62. The molecule has 1 aromatic rings. The van der Waals surface area contributed by atoms with Gasteiger partial charge in [0.2, 0.25) is 0 Å². The summed E-state index contributed by atoms with van der Waals surface area (Å²) in [5.74, 6) is 0.347. The zero-order valence-corrected chi connectivity index (χ0v) is 5.45. The number of H-pyrrole nitrogens is 1. The number of nitrogens with one attached hydrogen (secondary N) is 1. The van der Waals surface area contributed by atoms with E-state index in [4.69, 9.17) is 0 Å². The second kappa shape index (κ2) is 2.96. The van der Waals surface area contributed by atoms with Gasteiger partial charge in [-0.3, -0.25) is 0 Å². The molecule has 0 aliphatic heterocycles. The molecule has 1 N–H and O–H groups in total. The van der Waals surface area contributed by atoms with E-state index in [1.54, 1.807) is 18.5 Å². The van der Waals surface area contributed by atoms with Gasteiger partial charge in [0.25, 0.3) is 0 Å². The van der Waals surface area contributed by atoms with Crippen LogP contribution >= 0.6 is 0 Å². The fourth-order valence-corrected chi connectivity index (χ4v) is 0.691. The average molecular weight is 136 g/mol. The highest BCUT2D eigenvalue weighted by atomic mass is 16.1. The van der Waals surface area contributed by atoms with Gasteiger partial charge >= 0.3 is 0 Å². The van der Waals surface area contributed by atoms with Gasteiger partial charge in [0.15, 0.2) is 0 Å². The Morgan fingerprint density at radius 3 is 3.00 bits per heavy atom. The minimum absolute atomic E-state index is 0.296. The van der Waals surface area contributed by atoms with Crippen LogP contribution < -0.4 is 0 Å². The summed E-state index contributed by atoms with van der Waals surface area (Å²) >= 11 is 0. The maximum absolute atomic E-state index is 10.3. The lowest BCUT2D eigenvalue weighted by Gasteiger charge is -1.96.